The summed E-state index contributed by atoms with van der Waals surface area (Å²) in [5.41, 5.74) is -1.80. The predicted octanol–water partition coefficient (Wildman–Crippen LogP) is 2.97. The number of nitriles is 1. The molecule has 6 nitrogen and oxygen atoms in total. The molecule has 1 rings (SSSR count). The molecule has 2 unspecified atom stereocenters. The molecule has 1 aromatic heterocycles. The van der Waals surface area contributed by atoms with Gasteiger partial charge in [0.05, 0.1) is 11.8 Å². The highest BCUT2D eigenvalue weighted by Crippen LogP contribution is 2.31. The summed E-state index contributed by atoms with van der Waals surface area (Å²) in [6, 6.07) is 4.28. The number of rotatable bonds is 6. The number of halogens is 2. The molecule has 0 aliphatic carbocycles. The second-order valence-electron chi connectivity index (χ2n) is 7.66. The molecule has 146 valence electrons. The smallest absolute Gasteiger partial charge is 0.171 e. The number of pyridine rings is 1. The quantitative estimate of drug-likeness (QED) is 0.508. The molecule has 0 fully saturated rings. The third-order valence-electron chi connectivity index (χ3n) is 3.73. The summed E-state index contributed by atoms with van der Waals surface area (Å²) in [5, 5.41) is 9.20. The van der Waals surface area contributed by atoms with Crippen molar-refractivity contribution in [1.29, 1.82) is 5.26 Å². The van der Waals surface area contributed by atoms with E-state index in [1.54, 1.807) is 26.8 Å². The Bertz CT molecular complexity index is 819. The monoisotopic (exact) mass is 467 g/mol. The summed E-state index contributed by atoms with van der Waals surface area (Å²) in [5.74, 6) is -1.39. The summed E-state index contributed by atoms with van der Waals surface area (Å²) in [7, 11) is -4.02. The lowest BCUT2D eigenvalue weighted by Crippen LogP contribution is -2.55. The topological polar surface area (TPSA) is 106 Å². The number of hydrogen-bond acceptors (Lipinski definition) is 6. The first-order valence-electron chi connectivity index (χ1n) is 7.71. The van der Waals surface area contributed by atoms with Crippen molar-refractivity contribution in [2.24, 2.45) is 0 Å². The Balaban J connectivity index is 3.54. The maximum absolute atomic E-state index is 14.5. The molecule has 10 heteroatoms. The van der Waals surface area contributed by atoms with Crippen LogP contribution in [-0.2, 0) is 26.7 Å². The van der Waals surface area contributed by atoms with E-state index in [1.807, 2.05) is 0 Å². The first-order chi connectivity index (χ1) is 11.6. The highest BCUT2D eigenvalue weighted by atomic mass is 79.9. The van der Waals surface area contributed by atoms with Gasteiger partial charge in [0, 0.05) is 11.4 Å². The van der Waals surface area contributed by atoms with Crippen LogP contribution in [0.2, 0.25) is 0 Å². The number of nitrogens with one attached hydrogen (secondary N) is 1. The molecule has 1 aromatic rings. The van der Waals surface area contributed by atoms with Gasteiger partial charge in [-0.15, -0.1) is 4.72 Å². The largest absolute Gasteiger partial charge is 0.598 e. The van der Waals surface area contributed by atoms with E-state index in [4.69, 9.17) is 0 Å². The van der Waals surface area contributed by atoms with Crippen LogP contribution in [0.3, 0.4) is 0 Å². The summed E-state index contributed by atoms with van der Waals surface area (Å²) in [4.78, 5) is 4.07. The van der Waals surface area contributed by atoms with Gasteiger partial charge in [-0.25, -0.2) is 17.8 Å². The van der Waals surface area contributed by atoms with E-state index in [1.165, 1.54) is 26.8 Å². The Hall–Kier alpha value is -0.730. The molecule has 0 saturated carbocycles. The fourth-order valence-corrected chi connectivity index (χ4v) is 4.69. The molecule has 0 aliphatic rings. The molecule has 26 heavy (non-hydrogen) atoms. The highest BCUT2D eigenvalue weighted by molar-refractivity contribution is 9.10. The molecule has 0 aliphatic heterocycles. The van der Waals surface area contributed by atoms with Crippen LogP contribution in [0.15, 0.2) is 16.7 Å². The van der Waals surface area contributed by atoms with Crippen LogP contribution in [-0.4, -0.2) is 33.2 Å². The fraction of sp³-hybridized carbons (Fsp3) is 0.625. The van der Waals surface area contributed by atoms with E-state index in [-0.39, 0.29) is 5.69 Å². The number of sulfone groups is 1. The van der Waals surface area contributed by atoms with Crippen molar-refractivity contribution in [2.45, 2.75) is 56.6 Å². The number of nitrogens with zero attached hydrogens (tertiary/aromatic N) is 2. The zero-order chi connectivity index (χ0) is 20.6. The predicted molar refractivity (Wildman–Crippen MR) is 104 cm³/mol. The third kappa shape index (κ3) is 5.16. The lowest BCUT2D eigenvalue weighted by atomic mass is 10.0. The van der Waals surface area contributed by atoms with Crippen molar-refractivity contribution in [3.8, 4) is 6.07 Å². The summed E-state index contributed by atoms with van der Waals surface area (Å²) < 4.78 is 53.3. The summed E-state index contributed by atoms with van der Waals surface area (Å²) >= 11 is 1.44. The lowest BCUT2D eigenvalue weighted by Gasteiger charge is -2.35. The average molecular weight is 468 g/mol. The maximum Gasteiger partial charge on any atom is 0.171 e. The van der Waals surface area contributed by atoms with Crippen LogP contribution in [0, 0.1) is 17.1 Å². The highest BCUT2D eigenvalue weighted by Gasteiger charge is 2.47. The lowest BCUT2D eigenvalue weighted by molar-refractivity contribution is 0.418. The van der Waals surface area contributed by atoms with Crippen molar-refractivity contribution in [2.75, 3.05) is 5.75 Å². The van der Waals surface area contributed by atoms with Gasteiger partial charge >= 0.3 is 0 Å². The molecule has 2 atom stereocenters. The van der Waals surface area contributed by atoms with Gasteiger partial charge in [-0.2, -0.15) is 5.26 Å². The minimum Gasteiger partial charge on any atom is -0.598 e. The van der Waals surface area contributed by atoms with Gasteiger partial charge in [-0.05, 0) is 69.6 Å². The van der Waals surface area contributed by atoms with E-state index < -0.39 is 47.8 Å². The molecule has 0 saturated heterocycles. The molecular weight excluding hydrogens is 445 g/mol. The van der Waals surface area contributed by atoms with E-state index in [2.05, 4.69) is 25.6 Å². The van der Waals surface area contributed by atoms with Crippen LogP contribution in [0.1, 0.15) is 47.2 Å². The SMILES string of the molecule is CC(CS(=O)(=O)C(C)(C)C#N)(N[S+]([O-])C(C)(C)C)c1nc(Br)ccc1F. The zero-order valence-electron chi connectivity index (χ0n) is 15.6. The molecule has 0 radical (unpaired) electrons. The molecule has 0 bridgehead atoms. The van der Waals surface area contributed by atoms with Crippen molar-refractivity contribution in [1.82, 2.24) is 9.71 Å². The van der Waals surface area contributed by atoms with Crippen molar-refractivity contribution >= 4 is 37.1 Å². The van der Waals surface area contributed by atoms with Gasteiger partial charge in [0.2, 0.25) is 0 Å². The standard InChI is InChI=1S/C16H23BrFN3O3S2/c1-14(2,3)25(22)21-16(6,10-26(23,24)15(4,5)9-19)13-11(18)7-8-12(17)20-13/h7-8,21H,10H2,1-6H3. The minimum atomic E-state index is -4.02. The van der Waals surface area contributed by atoms with Crippen LogP contribution in [0.25, 0.3) is 0 Å². The van der Waals surface area contributed by atoms with Crippen molar-refractivity contribution in [3.63, 3.8) is 0 Å². The second-order valence-corrected chi connectivity index (χ2v) is 13.0. The normalized spacial score (nSPS) is 16.6. The van der Waals surface area contributed by atoms with Gasteiger partial charge < -0.3 is 4.55 Å². The third-order valence-corrected chi connectivity index (χ3v) is 8.53. The van der Waals surface area contributed by atoms with E-state index in [0.717, 1.165) is 6.07 Å². The van der Waals surface area contributed by atoms with Crippen LogP contribution in [0.4, 0.5) is 4.39 Å². The Morgan fingerprint density at radius 1 is 1.31 bits per heavy atom. The number of aromatic nitrogens is 1. The molecule has 0 aromatic carbocycles. The Morgan fingerprint density at radius 2 is 1.85 bits per heavy atom. The first kappa shape index (κ1) is 23.3. The van der Waals surface area contributed by atoms with E-state index in [0.29, 0.717) is 4.60 Å². The molecular formula is C16H23BrFN3O3S2. The fourth-order valence-electron chi connectivity index (χ4n) is 1.94. The van der Waals surface area contributed by atoms with Crippen molar-refractivity contribution < 1.29 is 17.4 Å². The molecule has 1 heterocycles. The molecule has 1 N–H and O–H groups in total. The zero-order valence-corrected chi connectivity index (χ0v) is 18.8. The summed E-state index contributed by atoms with van der Waals surface area (Å²) in [6.45, 7) is 9.07. The van der Waals surface area contributed by atoms with Gasteiger partial charge in [0.25, 0.3) is 0 Å². The molecule has 0 spiro atoms. The Kier molecular flexibility index (Phi) is 6.92. The Morgan fingerprint density at radius 3 is 2.31 bits per heavy atom. The van der Waals surface area contributed by atoms with E-state index in [9.17, 15) is 22.6 Å². The van der Waals surface area contributed by atoms with Crippen LogP contribution >= 0.6 is 15.9 Å². The van der Waals surface area contributed by atoms with Crippen molar-refractivity contribution in [3.05, 3.63) is 28.2 Å². The van der Waals surface area contributed by atoms with Gasteiger partial charge in [0.15, 0.2) is 14.6 Å². The second kappa shape index (κ2) is 7.72. The number of hydrogen-bond donors (Lipinski definition) is 1. The van der Waals surface area contributed by atoms with Crippen LogP contribution in [0.5, 0.6) is 0 Å². The first-order valence-corrected chi connectivity index (χ1v) is 11.3. The van der Waals surface area contributed by atoms with E-state index >= 15 is 0 Å². The minimum absolute atomic E-state index is 0.193. The van der Waals surface area contributed by atoms with Gasteiger partial charge in [-0.3, -0.25) is 0 Å². The summed E-state index contributed by atoms with van der Waals surface area (Å²) in [6.07, 6.45) is 0. The Labute approximate surface area is 165 Å². The van der Waals surface area contributed by atoms with Crippen LogP contribution < -0.4 is 4.72 Å². The van der Waals surface area contributed by atoms with Gasteiger partial charge in [-0.1, -0.05) is 0 Å². The maximum atomic E-state index is 14.5. The molecule has 0 amide bonds. The average Bonchev–Trinajstić information content (AvgIpc) is 2.47. The van der Waals surface area contributed by atoms with Gasteiger partial charge in [0.1, 0.15) is 26.4 Å².